The summed E-state index contributed by atoms with van der Waals surface area (Å²) in [6.45, 7) is 1.73. The lowest BCUT2D eigenvalue weighted by atomic mass is 10.0. The molecule has 144 valence electrons. The number of carbonyl (C=O) groups is 2. The van der Waals surface area contributed by atoms with E-state index in [0.29, 0.717) is 11.3 Å². The van der Waals surface area contributed by atoms with E-state index in [9.17, 15) is 19.8 Å². The highest BCUT2D eigenvalue weighted by Gasteiger charge is 2.18. The number of anilines is 1. The summed E-state index contributed by atoms with van der Waals surface area (Å²) < 4.78 is 5.07. The number of ether oxygens (including phenoxy) is 1. The van der Waals surface area contributed by atoms with Crippen LogP contribution in [0.15, 0.2) is 54.6 Å². The van der Waals surface area contributed by atoms with Gasteiger partial charge in [0.15, 0.2) is 0 Å². The highest BCUT2D eigenvalue weighted by atomic mass is 16.5. The van der Waals surface area contributed by atoms with Gasteiger partial charge in [-0.1, -0.05) is 42.5 Å². The topological polar surface area (TPSA) is 108 Å². The largest absolute Gasteiger partial charge is 0.445 e. The lowest BCUT2D eigenvalue weighted by Gasteiger charge is -2.18. The Morgan fingerprint density at radius 1 is 1.04 bits per heavy atom. The number of hydrogen-bond donors (Lipinski definition) is 4. The van der Waals surface area contributed by atoms with Gasteiger partial charge in [-0.05, 0) is 29.7 Å². The second-order valence-electron chi connectivity index (χ2n) is 6.09. The fourth-order valence-corrected chi connectivity index (χ4v) is 2.44. The van der Waals surface area contributed by atoms with Crippen LogP contribution in [0.5, 0.6) is 0 Å². The minimum Gasteiger partial charge on any atom is -0.445 e. The van der Waals surface area contributed by atoms with Crippen molar-refractivity contribution in [3.63, 3.8) is 0 Å². The first kappa shape index (κ1) is 20.4. The average molecular weight is 372 g/mol. The molecule has 2 aromatic rings. The number of amides is 2. The van der Waals surface area contributed by atoms with Crippen molar-refractivity contribution in [3.8, 4) is 0 Å². The highest BCUT2D eigenvalue weighted by molar-refractivity contribution is 5.88. The molecule has 0 fully saturated rings. The molecule has 0 radical (unpaired) electrons. The minimum atomic E-state index is -1.10. The second-order valence-corrected chi connectivity index (χ2v) is 6.09. The summed E-state index contributed by atoms with van der Waals surface area (Å²) in [6.07, 6.45) is -2.57. The van der Waals surface area contributed by atoms with Crippen LogP contribution in [0.3, 0.4) is 0 Å². The van der Waals surface area contributed by atoms with Crippen molar-refractivity contribution in [2.24, 2.45) is 0 Å². The molecule has 0 aliphatic rings. The van der Waals surface area contributed by atoms with E-state index in [0.717, 1.165) is 5.56 Å². The van der Waals surface area contributed by atoms with Crippen LogP contribution in [0.4, 0.5) is 10.5 Å². The van der Waals surface area contributed by atoms with Crippen LogP contribution in [0.25, 0.3) is 0 Å². The number of nitrogens with one attached hydrogen (secondary N) is 2. The fourth-order valence-electron chi connectivity index (χ4n) is 2.44. The van der Waals surface area contributed by atoms with Crippen LogP contribution >= 0.6 is 0 Å². The van der Waals surface area contributed by atoms with Crippen molar-refractivity contribution in [1.82, 2.24) is 5.32 Å². The van der Waals surface area contributed by atoms with Gasteiger partial charge in [-0.15, -0.1) is 0 Å². The highest BCUT2D eigenvalue weighted by Crippen LogP contribution is 2.20. The standard InChI is InChI=1S/C20H24N2O5/c1-14(23)22-17-9-7-16(8-10-17)19(25)18(24)11-12-21-20(26)27-13-15-5-3-2-4-6-15/h2-10,18-19,24-25H,11-13H2,1H3,(H,21,26)(H,22,23). The molecule has 0 aromatic heterocycles. The van der Waals surface area contributed by atoms with E-state index < -0.39 is 18.3 Å². The van der Waals surface area contributed by atoms with E-state index in [1.54, 1.807) is 24.3 Å². The molecule has 0 saturated heterocycles. The van der Waals surface area contributed by atoms with E-state index in [-0.39, 0.29) is 25.5 Å². The van der Waals surface area contributed by atoms with Gasteiger partial charge in [0, 0.05) is 19.2 Å². The maximum Gasteiger partial charge on any atom is 0.407 e. The van der Waals surface area contributed by atoms with Gasteiger partial charge in [-0.25, -0.2) is 4.79 Å². The summed E-state index contributed by atoms with van der Waals surface area (Å²) in [6, 6.07) is 15.8. The van der Waals surface area contributed by atoms with Crippen molar-refractivity contribution < 1.29 is 24.5 Å². The quantitative estimate of drug-likeness (QED) is 0.569. The van der Waals surface area contributed by atoms with Gasteiger partial charge in [-0.3, -0.25) is 4.79 Å². The third-order valence-electron chi connectivity index (χ3n) is 3.86. The number of rotatable bonds is 8. The summed E-state index contributed by atoms with van der Waals surface area (Å²) in [5.74, 6) is -0.187. The Kier molecular flexibility index (Phi) is 7.79. The Morgan fingerprint density at radius 2 is 1.70 bits per heavy atom. The predicted octanol–water partition coefficient (Wildman–Crippen LogP) is 2.36. The summed E-state index contributed by atoms with van der Waals surface area (Å²) in [4.78, 5) is 22.6. The van der Waals surface area contributed by atoms with Gasteiger partial charge >= 0.3 is 6.09 Å². The van der Waals surface area contributed by atoms with Crippen LogP contribution in [-0.2, 0) is 16.1 Å². The monoisotopic (exact) mass is 372 g/mol. The zero-order valence-corrected chi connectivity index (χ0v) is 15.1. The first-order chi connectivity index (χ1) is 13.0. The molecule has 27 heavy (non-hydrogen) atoms. The Bertz CT molecular complexity index is 734. The van der Waals surface area contributed by atoms with Crippen LogP contribution in [0.1, 0.15) is 30.6 Å². The van der Waals surface area contributed by atoms with Gasteiger partial charge < -0.3 is 25.6 Å². The van der Waals surface area contributed by atoms with E-state index >= 15 is 0 Å². The van der Waals surface area contributed by atoms with Gasteiger partial charge in [0.1, 0.15) is 12.7 Å². The van der Waals surface area contributed by atoms with E-state index in [4.69, 9.17) is 4.74 Å². The van der Waals surface area contributed by atoms with Crippen molar-refractivity contribution in [2.45, 2.75) is 32.2 Å². The third-order valence-corrected chi connectivity index (χ3v) is 3.86. The normalized spacial score (nSPS) is 12.7. The molecule has 0 bridgehead atoms. The zero-order chi connectivity index (χ0) is 19.6. The second kappa shape index (κ2) is 10.3. The smallest absolute Gasteiger partial charge is 0.407 e. The molecule has 7 nitrogen and oxygen atoms in total. The molecule has 7 heteroatoms. The van der Waals surface area contributed by atoms with E-state index in [1.807, 2.05) is 30.3 Å². The summed E-state index contributed by atoms with van der Waals surface area (Å²) in [5.41, 5.74) is 2.00. The maximum atomic E-state index is 11.7. The zero-order valence-electron chi connectivity index (χ0n) is 15.1. The summed E-state index contributed by atoms with van der Waals surface area (Å²) in [5, 5.41) is 25.5. The number of benzene rings is 2. The molecule has 2 aromatic carbocycles. The summed E-state index contributed by atoms with van der Waals surface area (Å²) in [7, 11) is 0. The Morgan fingerprint density at radius 3 is 2.33 bits per heavy atom. The average Bonchev–Trinajstić information content (AvgIpc) is 2.66. The molecule has 2 amide bonds. The van der Waals surface area contributed by atoms with Crippen LogP contribution in [0.2, 0.25) is 0 Å². The molecule has 2 atom stereocenters. The number of carbonyl (C=O) groups excluding carboxylic acids is 2. The van der Waals surface area contributed by atoms with Gasteiger partial charge in [0.25, 0.3) is 0 Å². The molecular weight excluding hydrogens is 348 g/mol. The molecule has 0 aliphatic heterocycles. The SMILES string of the molecule is CC(=O)Nc1ccc(C(O)C(O)CCNC(=O)OCc2ccccc2)cc1. The number of aliphatic hydroxyl groups is 2. The van der Waals surface area contributed by atoms with Crippen molar-refractivity contribution in [3.05, 3.63) is 65.7 Å². The molecule has 2 unspecified atom stereocenters. The lowest BCUT2D eigenvalue weighted by molar-refractivity contribution is -0.114. The molecule has 4 N–H and O–H groups in total. The Balaban J connectivity index is 1.71. The maximum absolute atomic E-state index is 11.7. The third kappa shape index (κ3) is 7.08. The molecule has 2 rings (SSSR count). The first-order valence-corrected chi connectivity index (χ1v) is 8.64. The molecule has 0 spiro atoms. The van der Waals surface area contributed by atoms with Crippen LogP contribution < -0.4 is 10.6 Å². The lowest BCUT2D eigenvalue weighted by Crippen LogP contribution is -2.29. The van der Waals surface area contributed by atoms with Crippen LogP contribution in [-0.4, -0.2) is 34.9 Å². The molecule has 0 aliphatic carbocycles. The Labute approximate surface area is 158 Å². The summed E-state index contributed by atoms with van der Waals surface area (Å²) >= 11 is 0. The van der Waals surface area contributed by atoms with Crippen molar-refractivity contribution in [1.29, 1.82) is 0 Å². The van der Waals surface area contributed by atoms with E-state index in [2.05, 4.69) is 10.6 Å². The van der Waals surface area contributed by atoms with Gasteiger partial charge in [0.2, 0.25) is 5.91 Å². The first-order valence-electron chi connectivity index (χ1n) is 8.64. The fraction of sp³-hybridized carbons (Fsp3) is 0.300. The van der Waals surface area contributed by atoms with Gasteiger partial charge in [0.05, 0.1) is 6.10 Å². The molecule has 0 heterocycles. The minimum absolute atomic E-state index is 0.162. The number of alkyl carbamates (subject to hydrolysis) is 1. The predicted molar refractivity (Wildman–Crippen MR) is 101 cm³/mol. The van der Waals surface area contributed by atoms with E-state index in [1.165, 1.54) is 6.92 Å². The van der Waals surface area contributed by atoms with Crippen molar-refractivity contribution >= 4 is 17.7 Å². The van der Waals surface area contributed by atoms with Crippen molar-refractivity contribution in [2.75, 3.05) is 11.9 Å². The molecular formula is C20H24N2O5. The van der Waals surface area contributed by atoms with Crippen LogP contribution in [0, 0.1) is 0 Å². The van der Waals surface area contributed by atoms with Gasteiger partial charge in [-0.2, -0.15) is 0 Å². The molecule has 0 saturated carbocycles. The number of hydrogen-bond acceptors (Lipinski definition) is 5. The Hall–Kier alpha value is -2.90. The number of aliphatic hydroxyl groups excluding tert-OH is 2.